The van der Waals surface area contributed by atoms with E-state index >= 15 is 0 Å². The lowest BCUT2D eigenvalue weighted by Gasteiger charge is -2.59. The number of allylic oxidation sites excluding steroid dienone is 2. The van der Waals surface area contributed by atoms with Crippen LogP contribution in [0.15, 0.2) is 23.8 Å². The van der Waals surface area contributed by atoms with E-state index in [0.717, 1.165) is 32.1 Å². The molecule has 4 aliphatic rings. The van der Waals surface area contributed by atoms with Gasteiger partial charge in [0.15, 0.2) is 5.78 Å². The lowest BCUT2D eigenvalue weighted by molar-refractivity contribution is -0.133. The average Bonchev–Trinajstić information content (AvgIpc) is 2.82. The molecule has 23 heavy (non-hydrogen) atoms. The summed E-state index contributed by atoms with van der Waals surface area (Å²) in [5, 5.41) is 0. The third kappa shape index (κ3) is 1.81. The van der Waals surface area contributed by atoms with Crippen LogP contribution in [0.25, 0.3) is 0 Å². The molecule has 0 spiro atoms. The molecule has 4 aliphatic carbocycles. The average molecular weight is 312 g/mol. The monoisotopic (exact) mass is 312 g/mol. The molecule has 0 heterocycles. The molecule has 3 fully saturated rings. The fourth-order valence-electron chi connectivity index (χ4n) is 6.65. The lowest BCUT2D eigenvalue weighted by atomic mass is 9.44. The SMILES string of the molecule is C=C1C2=CC(=O)CC[C@]2(C)[C@@H]2CC[C@]3(C)C(=O)CC[C@H]3[C@@H]2C1C. The van der Waals surface area contributed by atoms with E-state index in [9.17, 15) is 9.59 Å². The van der Waals surface area contributed by atoms with Crippen molar-refractivity contribution >= 4 is 11.6 Å². The van der Waals surface area contributed by atoms with Gasteiger partial charge in [0.1, 0.15) is 5.78 Å². The van der Waals surface area contributed by atoms with Crippen molar-refractivity contribution in [3.05, 3.63) is 23.8 Å². The lowest BCUT2D eigenvalue weighted by Crippen LogP contribution is -2.53. The van der Waals surface area contributed by atoms with Crippen molar-refractivity contribution in [2.24, 2.45) is 34.5 Å². The molecule has 1 unspecified atom stereocenters. The van der Waals surface area contributed by atoms with E-state index in [1.807, 2.05) is 6.08 Å². The third-order valence-electron chi connectivity index (χ3n) is 8.14. The van der Waals surface area contributed by atoms with Gasteiger partial charge in [-0.1, -0.05) is 27.4 Å². The van der Waals surface area contributed by atoms with Crippen molar-refractivity contribution in [1.29, 1.82) is 0 Å². The van der Waals surface area contributed by atoms with Crippen LogP contribution in [0.4, 0.5) is 0 Å². The number of carbonyl (C=O) groups is 2. The summed E-state index contributed by atoms with van der Waals surface area (Å²) in [4.78, 5) is 24.5. The normalized spacial score (nSPS) is 49.3. The maximum Gasteiger partial charge on any atom is 0.156 e. The molecule has 6 atom stereocenters. The summed E-state index contributed by atoms with van der Waals surface area (Å²) in [7, 11) is 0. The largest absolute Gasteiger partial charge is 0.299 e. The molecule has 0 N–H and O–H groups in total. The van der Waals surface area contributed by atoms with Crippen LogP contribution in [-0.4, -0.2) is 11.6 Å². The van der Waals surface area contributed by atoms with Crippen LogP contribution in [0.2, 0.25) is 0 Å². The second kappa shape index (κ2) is 4.68. The van der Waals surface area contributed by atoms with E-state index in [1.54, 1.807) is 0 Å². The summed E-state index contributed by atoms with van der Waals surface area (Å²) in [6.45, 7) is 11.3. The highest BCUT2D eigenvalue weighted by atomic mass is 16.1. The predicted molar refractivity (Wildman–Crippen MR) is 90.8 cm³/mol. The Bertz CT molecular complexity index is 642. The molecule has 2 nitrogen and oxygen atoms in total. The Morgan fingerprint density at radius 1 is 1.04 bits per heavy atom. The molecular formula is C21H28O2. The molecule has 0 aliphatic heterocycles. The second-order valence-corrected chi connectivity index (χ2v) is 8.96. The first-order valence-electron chi connectivity index (χ1n) is 9.26. The number of hydrogen-bond donors (Lipinski definition) is 0. The minimum atomic E-state index is -0.0994. The Balaban J connectivity index is 1.81. The highest BCUT2D eigenvalue weighted by Crippen LogP contribution is 2.66. The van der Waals surface area contributed by atoms with Crippen LogP contribution in [0.1, 0.15) is 59.3 Å². The first-order valence-corrected chi connectivity index (χ1v) is 9.26. The minimum absolute atomic E-state index is 0.0924. The highest BCUT2D eigenvalue weighted by Gasteiger charge is 2.61. The molecule has 0 saturated heterocycles. The molecule has 0 aromatic carbocycles. The van der Waals surface area contributed by atoms with Crippen LogP contribution >= 0.6 is 0 Å². The summed E-state index contributed by atoms with van der Waals surface area (Å²) in [5.41, 5.74) is 2.40. The number of carbonyl (C=O) groups excluding carboxylic acids is 2. The van der Waals surface area contributed by atoms with Gasteiger partial charge in [0.2, 0.25) is 0 Å². The maximum absolute atomic E-state index is 12.5. The van der Waals surface area contributed by atoms with Gasteiger partial charge in [-0.2, -0.15) is 0 Å². The number of ketones is 2. The predicted octanol–water partition coefficient (Wildman–Crippen LogP) is 4.50. The van der Waals surface area contributed by atoms with E-state index in [2.05, 4.69) is 27.4 Å². The number of Topliss-reactive ketones (excluding diaryl/α,β-unsaturated/α-hetero) is 1. The number of hydrogen-bond acceptors (Lipinski definition) is 2. The van der Waals surface area contributed by atoms with Gasteiger partial charge in [-0.05, 0) is 72.0 Å². The summed E-state index contributed by atoms with van der Waals surface area (Å²) in [6, 6.07) is 0. The first-order chi connectivity index (χ1) is 10.8. The van der Waals surface area contributed by atoms with E-state index in [4.69, 9.17) is 0 Å². The quantitative estimate of drug-likeness (QED) is 0.660. The summed E-state index contributed by atoms with van der Waals surface area (Å²) >= 11 is 0. The Morgan fingerprint density at radius 2 is 1.74 bits per heavy atom. The van der Waals surface area contributed by atoms with Gasteiger partial charge in [-0.15, -0.1) is 0 Å². The Labute approximate surface area is 139 Å². The standard InChI is InChI=1S/C21H28O2/c1-12-13(2)19-15-5-6-18(23)21(15,4)10-8-16(19)20(3)9-7-14(22)11-17(12)20/h11,13,15-16,19H,1,5-10H2,2-4H3/t13?,15-,16+,19-,20+,21-/m0/s1. The van der Waals surface area contributed by atoms with Crippen LogP contribution < -0.4 is 0 Å². The molecule has 0 amide bonds. The topological polar surface area (TPSA) is 34.1 Å². The molecule has 124 valence electrons. The van der Waals surface area contributed by atoms with Crippen LogP contribution in [0, 0.1) is 34.5 Å². The highest BCUT2D eigenvalue weighted by molar-refractivity contribution is 5.92. The van der Waals surface area contributed by atoms with Gasteiger partial charge >= 0.3 is 0 Å². The van der Waals surface area contributed by atoms with Crippen molar-refractivity contribution in [3.63, 3.8) is 0 Å². The van der Waals surface area contributed by atoms with Crippen molar-refractivity contribution in [2.75, 3.05) is 0 Å². The molecule has 2 heteroatoms. The van der Waals surface area contributed by atoms with Gasteiger partial charge in [0.25, 0.3) is 0 Å². The van der Waals surface area contributed by atoms with Crippen LogP contribution in [0.5, 0.6) is 0 Å². The fourth-order valence-corrected chi connectivity index (χ4v) is 6.65. The molecule has 4 rings (SSSR count). The zero-order valence-electron chi connectivity index (χ0n) is 14.7. The zero-order chi connectivity index (χ0) is 16.6. The van der Waals surface area contributed by atoms with Gasteiger partial charge in [-0.3, -0.25) is 9.59 Å². The first kappa shape index (κ1) is 15.4. The summed E-state index contributed by atoms with van der Waals surface area (Å²) < 4.78 is 0. The number of fused-ring (bicyclic) bond motifs is 5. The zero-order valence-corrected chi connectivity index (χ0v) is 14.7. The van der Waals surface area contributed by atoms with Crippen molar-refractivity contribution < 1.29 is 9.59 Å². The number of rotatable bonds is 0. The second-order valence-electron chi connectivity index (χ2n) is 8.96. The molecule has 0 bridgehead atoms. The van der Waals surface area contributed by atoms with Crippen LogP contribution in [0.3, 0.4) is 0 Å². The molecule has 0 aromatic heterocycles. The fraction of sp³-hybridized carbons (Fsp3) is 0.714. The van der Waals surface area contributed by atoms with Gasteiger partial charge in [0, 0.05) is 18.3 Å². The van der Waals surface area contributed by atoms with E-state index in [0.29, 0.717) is 35.9 Å². The van der Waals surface area contributed by atoms with Crippen molar-refractivity contribution in [2.45, 2.75) is 59.3 Å². The van der Waals surface area contributed by atoms with Gasteiger partial charge in [-0.25, -0.2) is 0 Å². The molecular weight excluding hydrogens is 284 g/mol. The van der Waals surface area contributed by atoms with Crippen molar-refractivity contribution in [3.8, 4) is 0 Å². The van der Waals surface area contributed by atoms with E-state index < -0.39 is 0 Å². The third-order valence-corrected chi connectivity index (χ3v) is 8.14. The Morgan fingerprint density at radius 3 is 2.48 bits per heavy atom. The summed E-state index contributed by atoms with van der Waals surface area (Å²) in [5.74, 6) is 2.82. The Hall–Kier alpha value is -1.18. The maximum atomic E-state index is 12.5. The summed E-state index contributed by atoms with van der Waals surface area (Å²) in [6.07, 6.45) is 7.51. The van der Waals surface area contributed by atoms with E-state index in [1.165, 1.54) is 11.1 Å². The van der Waals surface area contributed by atoms with Gasteiger partial charge in [0.05, 0.1) is 0 Å². The minimum Gasteiger partial charge on any atom is -0.299 e. The van der Waals surface area contributed by atoms with Gasteiger partial charge < -0.3 is 0 Å². The molecule has 0 aromatic rings. The smallest absolute Gasteiger partial charge is 0.156 e. The van der Waals surface area contributed by atoms with Crippen molar-refractivity contribution in [1.82, 2.24) is 0 Å². The Kier molecular flexibility index (Phi) is 3.12. The molecule has 0 radical (unpaired) electrons. The molecule has 3 saturated carbocycles. The van der Waals surface area contributed by atoms with E-state index in [-0.39, 0.29) is 16.6 Å². The van der Waals surface area contributed by atoms with Crippen LogP contribution in [-0.2, 0) is 9.59 Å².